The average Bonchev–Trinajstić information content (AvgIpc) is 2.40. The van der Waals surface area contributed by atoms with Crippen LogP contribution in [0, 0.1) is 5.82 Å². The van der Waals surface area contributed by atoms with Gasteiger partial charge in [-0.1, -0.05) is 18.2 Å². The van der Waals surface area contributed by atoms with Gasteiger partial charge in [0, 0.05) is 18.3 Å². The number of pyridine rings is 1. The van der Waals surface area contributed by atoms with E-state index < -0.39 is 0 Å². The van der Waals surface area contributed by atoms with Crippen LogP contribution in [-0.2, 0) is 6.54 Å². The molecule has 2 rings (SSSR count). The van der Waals surface area contributed by atoms with E-state index in [1.807, 2.05) is 25.1 Å². The minimum absolute atomic E-state index is 0.216. The van der Waals surface area contributed by atoms with Crippen LogP contribution in [0.2, 0.25) is 0 Å². The predicted octanol–water partition coefficient (Wildman–Crippen LogP) is 3.23. The van der Waals surface area contributed by atoms with Crippen LogP contribution in [0.1, 0.15) is 12.5 Å². The van der Waals surface area contributed by atoms with Gasteiger partial charge < -0.3 is 10.1 Å². The standard InChI is InChI=1S/C14H15FN2O/c1-2-18-14-13(8-5-9-16-14)17-10-11-6-3-4-7-12(11)15/h3-9,17H,2,10H2,1H3. The van der Waals surface area contributed by atoms with Crippen molar-refractivity contribution in [3.8, 4) is 5.88 Å². The van der Waals surface area contributed by atoms with Gasteiger partial charge in [0.1, 0.15) is 5.82 Å². The third kappa shape index (κ3) is 2.97. The summed E-state index contributed by atoms with van der Waals surface area (Å²) in [6.45, 7) is 2.85. The fourth-order valence-corrected chi connectivity index (χ4v) is 1.61. The molecule has 1 aromatic carbocycles. The maximum Gasteiger partial charge on any atom is 0.237 e. The highest BCUT2D eigenvalue weighted by Gasteiger charge is 2.05. The van der Waals surface area contributed by atoms with Crippen LogP contribution in [0.25, 0.3) is 0 Å². The summed E-state index contributed by atoms with van der Waals surface area (Å²) in [6.07, 6.45) is 1.67. The Kier molecular flexibility index (Phi) is 4.12. The van der Waals surface area contributed by atoms with Crippen molar-refractivity contribution in [1.29, 1.82) is 0 Å². The first kappa shape index (κ1) is 12.4. The Morgan fingerprint density at radius 2 is 2.06 bits per heavy atom. The van der Waals surface area contributed by atoms with Gasteiger partial charge in [-0.3, -0.25) is 0 Å². The van der Waals surface area contributed by atoms with E-state index in [9.17, 15) is 4.39 Å². The summed E-state index contributed by atoms with van der Waals surface area (Å²) in [4.78, 5) is 4.12. The number of anilines is 1. The van der Waals surface area contributed by atoms with Crippen molar-refractivity contribution in [3.05, 3.63) is 54.0 Å². The van der Waals surface area contributed by atoms with Crippen LogP contribution in [-0.4, -0.2) is 11.6 Å². The molecule has 1 heterocycles. The molecule has 4 heteroatoms. The molecular formula is C14H15FN2O. The first-order chi connectivity index (χ1) is 8.81. The van der Waals surface area contributed by atoms with Gasteiger partial charge in [-0.15, -0.1) is 0 Å². The molecule has 0 aliphatic rings. The van der Waals surface area contributed by atoms with Crippen molar-refractivity contribution < 1.29 is 9.13 Å². The van der Waals surface area contributed by atoms with E-state index in [0.717, 1.165) is 5.69 Å². The maximum atomic E-state index is 13.5. The number of ether oxygens (including phenoxy) is 1. The zero-order valence-corrected chi connectivity index (χ0v) is 10.2. The lowest BCUT2D eigenvalue weighted by Gasteiger charge is -2.11. The van der Waals surface area contributed by atoms with Crippen molar-refractivity contribution in [2.24, 2.45) is 0 Å². The average molecular weight is 246 g/mol. The van der Waals surface area contributed by atoms with Gasteiger partial charge >= 0.3 is 0 Å². The lowest BCUT2D eigenvalue weighted by atomic mass is 10.2. The molecule has 94 valence electrons. The third-order valence-corrected chi connectivity index (χ3v) is 2.48. The molecule has 0 aliphatic heterocycles. The Morgan fingerprint density at radius 3 is 2.83 bits per heavy atom. The van der Waals surface area contributed by atoms with Gasteiger partial charge in [0.2, 0.25) is 5.88 Å². The molecule has 1 aromatic heterocycles. The number of nitrogens with one attached hydrogen (secondary N) is 1. The van der Waals surface area contributed by atoms with Gasteiger partial charge in [0.25, 0.3) is 0 Å². The fourth-order valence-electron chi connectivity index (χ4n) is 1.61. The first-order valence-corrected chi connectivity index (χ1v) is 5.86. The summed E-state index contributed by atoms with van der Waals surface area (Å²) in [5, 5.41) is 3.13. The number of benzene rings is 1. The number of rotatable bonds is 5. The Bertz CT molecular complexity index is 517. The highest BCUT2D eigenvalue weighted by molar-refractivity contribution is 5.52. The monoisotopic (exact) mass is 246 g/mol. The molecule has 0 aliphatic carbocycles. The van der Waals surface area contributed by atoms with Gasteiger partial charge in [-0.05, 0) is 25.1 Å². The number of hydrogen-bond donors (Lipinski definition) is 1. The summed E-state index contributed by atoms with van der Waals surface area (Å²) in [7, 11) is 0. The lowest BCUT2D eigenvalue weighted by molar-refractivity contribution is 0.328. The molecule has 0 saturated heterocycles. The second-order valence-corrected chi connectivity index (χ2v) is 3.73. The molecule has 0 radical (unpaired) electrons. The molecular weight excluding hydrogens is 231 g/mol. The smallest absolute Gasteiger partial charge is 0.237 e. The molecule has 0 amide bonds. The van der Waals surface area contributed by atoms with Crippen molar-refractivity contribution in [2.75, 3.05) is 11.9 Å². The lowest BCUT2D eigenvalue weighted by Crippen LogP contribution is -2.05. The summed E-state index contributed by atoms with van der Waals surface area (Å²) in [5.74, 6) is 0.322. The second-order valence-electron chi connectivity index (χ2n) is 3.73. The van der Waals surface area contributed by atoms with Crippen molar-refractivity contribution >= 4 is 5.69 Å². The van der Waals surface area contributed by atoms with E-state index in [1.165, 1.54) is 6.07 Å². The number of aromatic nitrogens is 1. The Balaban J connectivity index is 2.08. The van der Waals surface area contributed by atoms with Crippen molar-refractivity contribution in [3.63, 3.8) is 0 Å². The molecule has 18 heavy (non-hydrogen) atoms. The molecule has 0 atom stereocenters. The summed E-state index contributed by atoms with van der Waals surface area (Å²) < 4.78 is 18.8. The molecule has 0 fully saturated rings. The molecule has 0 saturated carbocycles. The first-order valence-electron chi connectivity index (χ1n) is 5.86. The molecule has 0 spiro atoms. The van der Waals surface area contributed by atoms with Crippen molar-refractivity contribution in [2.45, 2.75) is 13.5 Å². The van der Waals surface area contributed by atoms with Gasteiger partial charge in [0.05, 0.1) is 12.3 Å². The normalized spacial score (nSPS) is 10.1. The van der Waals surface area contributed by atoms with E-state index in [-0.39, 0.29) is 5.82 Å². The highest BCUT2D eigenvalue weighted by atomic mass is 19.1. The minimum atomic E-state index is -0.216. The molecule has 0 unspecified atom stereocenters. The zero-order valence-electron chi connectivity index (χ0n) is 10.2. The number of nitrogens with zero attached hydrogens (tertiary/aromatic N) is 1. The fraction of sp³-hybridized carbons (Fsp3) is 0.214. The Hall–Kier alpha value is -2.10. The molecule has 3 nitrogen and oxygen atoms in total. The van der Waals surface area contributed by atoms with Crippen LogP contribution < -0.4 is 10.1 Å². The van der Waals surface area contributed by atoms with Crippen LogP contribution in [0.15, 0.2) is 42.6 Å². The van der Waals surface area contributed by atoms with E-state index in [2.05, 4.69) is 10.3 Å². The largest absolute Gasteiger partial charge is 0.476 e. The summed E-state index contributed by atoms with van der Waals surface area (Å²) >= 11 is 0. The van der Waals surface area contributed by atoms with Gasteiger partial charge in [-0.25, -0.2) is 9.37 Å². The van der Waals surface area contributed by atoms with E-state index >= 15 is 0 Å². The SMILES string of the molecule is CCOc1ncccc1NCc1ccccc1F. The van der Waals surface area contributed by atoms with Gasteiger partial charge in [0.15, 0.2) is 0 Å². The van der Waals surface area contributed by atoms with Crippen LogP contribution in [0.5, 0.6) is 5.88 Å². The second kappa shape index (κ2) is 6.00. The molecule has 0 bridgehead atoms. The molecule has 2 aromatic rings. The Morgan fingerprint density at radius 1 is 1.22 bits per heavy atom. The van der Waals surface area contributed by atoms with Crippen molar-refractivity contribution in [1.82, 2.24) is 4.98 Å². The number of halogens is 1. The quantitative estimate of drug-likeness (QED) is 0.879. The van der Waals surface area contributed by atoms with Crippen LogP contribution >= 0.6 is 0 Å². The summed E-state index contributed by atoms with van der Waals surface area (Å²) in [5.41, 5.74) is 1.38. The van der Waals surface area contributed by atoms with Gasteiger partial charge in [-0.2, -0.15) is 0 Å². The van der Waals surface area contributed by atoms with Crippen LogP contribution in [0.4, 0.5) is 10.1 Å². The predicted molar refractivity (Wildman–Crippen MR) is 69.1 cm³/mol. The topological polar surface area (TPSA) is 34.1 Å². The maximum absolute atomic E-state index is 13.5. The summed E-state index contributed by atoms with van der Waals surface area (Å²) in [6, 6.07) is 10.4. The number of hydrogen-bond acceptors (Lipinski definition) is 3. The van der Waals surface area contributed by atoms with E-state index in [0.29, 0.717) is 24.6 Å². The van der Waals surface area contributed by atoms with Crippen LogP contribution in [0.3, 0.4) is 0 Å². The Labute approximate surface area is 106 Å². The minimum Gasteiger partial charge on any atom is -0.476 e. The van der Waals surface area contributed by atoms with E-state index in [4.69, 9.17) is 4.74 Å². The highest BCUT2D eigenvalue weighted by Crippen LogP contribution is 2.21. The zero-order chi connectivity index (χ0) is 12.8. The van der Waals surface area contributed by atoms with E-state index in [1.54, 1.807) is 18.3 Å². The third-order valence-electron chi connectivity index (χ3n) is 2.48. The molecule has 1 N–H and O–H groups in total.